The first-order valence-corrected chi connectivity index (χ1v) is 15.0. The van der Waals surface area contributed by atoms with Gasteiger partial charge in [0.1, 0.15) is 5.76 Å². The summed E-state index contributed by atoms with van der Waals surface area (Å²) in [6.07, 6.45) is 4.02. The number of piperidine rings is 1. The number of furan rings is 1. The summed E-state index contributed by atoms with van der Waals surface area (Å²) in [5.74, 6) is 1.61. The third-order valence-electron chi connectivity index (χ3n) is 7.54. The first kappa shape index (κ1) is 27.3. The van der Waals surface area contributed by atoms with Crippen LogP contribution in [0.3, 0.4) is 0 Å². The maximum absolute atomic E-state index is 14.0. The molecule has 9 heteroatoms. The fraction of sp³-hybridized carbons (Fsp3) is 0.281. The third kappa shape index (κ3) is 5.42. The SMILES string of the molecule is CCOC(=O)C1=C(c2ccccc2)N=c2s/c(=C/c3ccc(N4CCC(C)CC4)o3)c(=O)n2C1c1ccc(Cl)cc1. The number of hydrogen-bond donors (Lipinski definition) is 0. The molecule has 0 spiro atoms. The summed E-state index contributed by atoms with van der Waals surface area (Å²) in [7, 11) is 0. The largest absolute Gasteiger partial charge is 0.463 e. The van der Waals surface area contributed by atoms with E-state index in [0.29, 0.717) is 31.4 Å². The highest BCUT2D eigenvalue weighted by molar-refractivity contribution is 7.07. The van der Waals surface area contributed by atoms with E-state index in [4.69, 9.17) is 25.7 Å². The lowest BCUT2D eigenvalue weighted by atomic mass is 9.93. The normalized spacial score (nSPS) is 17.9. The highest BCUT2D eigenvalue weighted by atomic mass is 35.5. The number of ether oxygens (including phenoxy) is 1. The Hall–Kier alpha value is -3.88. The van der Waals surface area contributed by atoms with Gasteiger partial charge < -0.3 is 14.1 Å². The Kier molecular flexibility index (Phi) is 7.69. The van der Waals surface area contributed by atoms with Gasteiger partial charge in [-0.1, -0.05) is 72.3 Å². The molecule has 1 saturated heterocycles. The Balaban J connectivity index is 1.51. The van der Waals surface area contributed by atoms with E-state index in [0.717, 1.165) is 48.9 Å². The standard InChI is InChI=1S/C32H30ClN3O4S/c1-3-39-31(38)27-28(21-7-5-4-6-8-21)34-32-36(29(27)22-9-11-23(33)12-10-22)30(37)25(41-32)19-24-13-14-26(40-24)35-17-15-20(2)16-18-35/h4-14,19-20,29H,3,15-18H2,1-2H3/b25-19+. The van der Waals surface area contributed by atoms with Crippen LogP contribution >= 0.6 is 22.9 Å². The molecule has 41 heavy (non-hydrogen) atoms. The number of fused-ring (bicyclic) bond motifs is 1. The van der Waals surface area contributed by atoms with Gasteiger partial charge in [-0.25, -0.2) is 9.79 Å². The van der Waals surface area contributed by atoms with Crippen LogP contribution < -0.4 is 19.8 Å². The van der Waals surface area contributed by atoms with Crippen LogP contribution in [0, 0.1) is 5.92 Å². The molecule has 0 saturated carbocycles. The molecule has 2 aliphatic heterocycles. The maximum Gasteiger partial charge on any atom is 0.338 e. The molecule has 0 bridgehead atoms. The number of anilines is 1. The van der Waals surface area contributed by atoms with Crippen molar-refractivity contribution in [2.75, 3.05) is 24.6 Å². The number of halogens is 1. The highest BCUT2D eigenvalue weighted by Gasteiger charge is 2.35. The summed E-state index contributed by atoms with van der Waals surface area (Å²) in [6.45, 7) is 6.14. The zero-order chi connectivity index (χ0) is 28.5. The Morgan fingerprint density at radius 1 is 1.10 bits per heavy atom. The van der Waals surface area contributed by atoms with Crippen molar-refractivity contribution in [3.8, 4) is 0 Å². The van der Waals surface area contributed by atoms with E-state index in [1.807, 2.05) is 54.6 Å². The van der Waals surface area contributed by atoms with Gasteiger partial charge in [-0.15, -0.1) is 0 Å². The van der Waals surface area contributed by atoms with Crippen molar-refractivity contribution in [2.24, 2.45) is 10.9 Å². The van der Waals surface area contributed by atoms with E-state index in [1.165, 1.54) is 11.3 Å². The number of benzene rings is 2. The molecule has 0 N–H and O–H groups in total. The van der Waals surface area contributed by atoms with Gasteiger partial charge in [0.15, 0.2) is 10.7 Å². The fourth-order valence-corrected chi connectivity index (χ4v) is 6.46. The van der Waals surface area contributed by atoms with Crippen molar-refractivity contribution in [3.63, 3.8) is 0 Å². The van der Waals surface area contributed by atoms with E-state index in [2.05, 4.69) is 11.8 Å². The molecule has 2 aliphatic rings. The molecule has 0 radical (unpaired) electrons. The third-order valence-corrected chi connectivity index (χ3v) is 8.78. The van der Waals surface area contributed by atoms with Crippen LogP contribution in [0.5, 0.6) is 0 Å². The lowest BCUT2D eigenvalue weighted by Gasteiger charge is -2.29. The number of esters is 1. The summed E-state index contributed by atoms with van der Waals surface area (Å²) < 4.78 is 13.7. The molecular formula is C32H30ClN3O4S. The van der Waals surface area contributed by atoms with Crippen LogP contribution in [0.4, 0.5) is 5.88 Å². The predicted molar refractivity (Wildman–Crippen MR) is 162 cm³/mol. The first-order valence-electron chi connectivity index (χ1n) is 13.8. The number of hydrogen-bond acceptors (Lipinski definition) is 7. The van der Waals surface area contributed by atoms with Gasteiger partial charge in [0.2, 0.25) is 0 Å². The maximum atomic E-state index is 14.0. The van der Waals surface area contributed by atoms with Gasteiger partial charge in [0.25, 0.3) is 5.56 Å². The van der Waals surface area contributed by atoms with Crippen molar-refractivity contribution in [3.05, 3.63) is 114 Å². The first-order chi connectivity index (χ1) is 19.9. The van der Waals surface area contributed by atoms with E-state index in [9.17, 15) is 9.59 Å². The number of thiazole rings is 1. The van der Waals surface area contributed by atoms with Crippen LogP contribution in [0.1, 0.15) is 49.6 Å². The Morgan fingerprint density at radius 3 is 2.54 bits per heavy atom. The molecule has 2 aromatic carbocycles. The van der Waals surface area contributed by atoms with Gasteiger partial charge >= 0.3 is 5.97 Å². The number of aromatic nitrogens is 1. The monoisotopic (exact) mass is 587 g/mol. The average Bonchev–Trinajstić information content (AvgIpc) is 3.58. The molecule has 0 amide bonds. The molecule has 1 unspecified atom stereocenters. The topological polar surface area (TPSA) is 77.0 Å². The van der Waals surface area contributed by atoms with Crippen molar-refractivity contribution < 1.29 is 13.9 Å². The van der Waals surface area contributed by atoms with Crippen LogP contribution in [0.25, 0.3) is 11.8 Å². The number of carbonyl (C=O) groups is 1. The summed E-state index contributed by atoms with van der Waals surface area (Å²) in [5.41, 5.74) is 2.02. The summed E-state index contributed by atoms with van der Waals surface area (Å²) >= 11 is 7.48. The molecular weight excluding hydrogens is 558 g/mol. The number of carbonyl (C=O) groups excluding carboxylic acids is 1. The second kappa shape index (κ2) is 11.5. The molecule has 4 heterocycles. The predicted octanol–water partition coefficient (Wildman–Crippen LogP) is 5.42. The van der Waals surface area contributed by atoms with Gasteiger partial charge in [0, 0.05) is 35.8 Å². The number of nitrogens with zero attached hydrogens (tertiary/aromatic N) is 3. The average molecular weight is 588 g/mol. The van der Waals surface area contributed by atoms with Crippen molar-refractivity contribution in [1.29, 1.82) is 0 Å². The molecule has 2 aromatic heterocycles. The Bertz CT molecular complexity index is 1780. The molecule has 0 aliphatic carbocycles. The summed E-state index contributed by atoms with van der Waals surface area (Å²) in [5, 5.41) is 0.558. The van der Waals surface area contributed by atoms with Crippen LogP contribution in [0.2, 0.25) is 5.02 Å². The smallest absolute Gasteiger partial charge is 0.338 e. The van der Waals surface area contributed by atoms with Gasteiger partial charge in [0.05, 0.1) is 28.5 Å². The Labute approximate surface area is 246 Å². The Morgan fingerprint density at radius 2 is 1.83 bits per heavy atom. The zero-order valence-corrected chi connectivity index (χ0v) is 24.5. The molecule has 4 aromatic rings. The minimum absolute atomic E-state index is 0.193. The van der Waals surface area contributed by atoms with Crippen molar-refractivity contribution in [2.45, 2.75) is 32.7 Å². The van der Waals surface area contributed by atoms with Gasteiger partial charge in [-0.2, -0.15) is 0 Å². The highest BCUT2D eigenvalue weighted by Crippen LogP contribution is 2.35. The van der Waals surface area contributed by atoms with Crippen LogP contribution in [-0.2, 0) is 9.53 Å². The van der Waals surface area contributed by atoms with Crippen molar-refractivity contribution in [1.82, 2.24) is 4.57 Å². The second-order valence-corrected chi connectivity index (χ2v) is 11.8. The number of rotatable bonds is 6. The molecule has 7 nitrogen and oxygen atoms in total. The lowest BCUT2D eigenvalue weighted by Crippen LogP contribution is -2.40. The van der Waals surface area contributed by atoms with Crippen LogP contribution in [0.15, 0.2) is 86.5 Å². The minimum atomic E-state index is -0.748. The molecule has 1 fully saturated rings. The van der Waals surface area contributed by atoms with Gasteiger partial charge in [-0.05, 0) is 49.4 Å². The quantitative estimate of drug-likeness (QED) is 0.282. The second-order valence-electron chi connectivity index (χ2n) is 10.3. The van der Waals surface area contributed by atoms with E-state index < -0.39 is 12.0 Å². The van der Waals surface area contributed by atoms with Crippen molar-refractivity contribution >= 4 is 46.6 Å². The minimum Gasteiger partial charge on any atom is -0.463 e. The van der Waals surface area contributed by atoms with Gasteiger partial charge in [-0.3, -0.25) is 9.36 Å². The fourth-order valence-electron chi connectivity index (χ4n) is 5.35. The molecule has 6 rings (SSSR count). The molecule has 1 atom stereocenters. The van der Waals surface area contributed by atoms with E-state index in [1.54, 1.807) is 29.7 Å². The van der Waals surface area contributed by atoms with E-state index >= 15 is 0 Å². The van der Waals surface area contributed by atoms with E-state index in [-0.39, 0.29) is 12.2 Å². The van der Waals surface area contributed by atoms with Crippen LogP contribution in [-0.4, -0.2) is 30.2 Å². The molecule has 210 valence electrons. The summed E-state index contributed by atoms with van der Waals surface area (Å²) in [4.78, 5) is 35.1. The lowest BCUT2D eigenvalue weighted by molar-refractivity contribution is -0.138. The zero-order valence-electron chi connectivity index (χ0n) is 22.9. The summed E-state index contributed by atoms with van der Waals surface area (Å²) in [6, 6.07) is 19.8.